The standard InChI is InChI=1S/C9H19ClN2O3S/c1-8(2)6-11-9(13)7-12(3)16(14,15)5-4-10/h8H,4-7H2,1-3H3,(H,11,13). The highest BCUT2D eigenvalue weighted by atomic mass is 35.5. The Labute approximate surface area is 102 Å². The summed E-state index contributed by atoms with van der Waals surface area (Å²) in [5.41, 5.74) is 0. The van der Waals surface area contributed by atoms with Gasteiger partial charge in [0.1, 0.15) is 0 Å². The van der Waals surface area contributed by atoms with Crippen LogP contribution in [0.25, 0.3) is 0 Å². The molecule has 16 heavy (non-hydrogen) atoms. The van der Waals surface area contributed by atoms with Crippen LogP contribution in [0.2, 0.25) is 0 Å². The fourth-order valence-corrected chi connectivity index (χ4v) is 2.33. The number of nitrogens with zero attached hydrogens (tertiary/aromatic N) is 1. The molecule has 0 spiro atoms. The lowest BCUT2D eigenvalue weighted by molar-refractivity contribution is -0.121. The minimum Gasteiger partial charge on any atom is -0.355 e. The van der Waals surface area contributed by atoms with Crippen molar-refractivity contribution in [3.8, 4) is 0 Å². The number of rotatable bonds is 7. The SMILES string of the molecule is CC(C)CNC(=O)CN(C)S(=O)(=O)CCCl. The highest BCUT2D eigenvalue weighted by Crippen LogP contribution is 1.98. The second kappa shape index (κ2) is 7.09. The zero-order chi connectivity index (χ0) is 12.8. The Morgan fingerprint density at radius 3 is 2.44 bits per heavy atom. The van der Waals surface area contributed by atoms with Crippen molar-refractivity contribution in [2.24, 2.45) is 5.92 Å². The molecule has 0 aromatic rings. The van der Waals surface area contributed by atoms with Gasteiger partial charge in [0.15, 0.2) is 0 Å². The number of halogens is 1. The summed E-state index contributed by atoms with van der Waals surface area (Å²) in [7, 11) is -2.03. The lowest BCUT2D eigenvalue weighted by Crippen LogP contribution is -2.40. The maximum Gasteiger partial charge on any atom is 0.235 e. The van der Waals surface area contributed by atoms with Crippen LogP contribution in [0.15, 0.2) is 0 Å². The van der Waals surface area contributed by atoms with Crippen molar-refractivity contribution >= 4 is 27.5 Å². The Hall–Kier alpha value is -0.330. The van der Waals surface area contributed by atoms with Crippen molar-refractivity contribution in [3.63, 3.8) is 0 Å². The van der Waals surface area contributed by atoms with Gasteiger partial charge in [-0.05, 0) is 5.92 Å². The minimum absolute atomic E-state index is 0.0281. The Morgan fingerprint density at radius 1 is 1.44 bits per heavy atom. The quantitative estimate of drug-likeness (QED) is 0.675. The lowest BCUT2D eigenvalue weighted by atomic mass is 10.2. The third-order valence-electron chi connectivity index (χ3n) is 1.88. The van der Waals surface area contributed by atoms with Gasteiger partial charge in [-0.2, -0.15) is 4.31 Å². The van der Waals surface area contributed by atoms with E-state index in [-0.39, 0.29) is 24.1 Å². The number of hydrogen-bond acceptors (Lipinski definition) is 3. The normalized spacial score (nSPS) is 12.1. The summed E-state index contributed by atoms with van der Waals surface area (Å²) < 4.78 is 24.0. The molecule has 0 atom stereocenters. The molecule has 0 saturated carbocycles. The largest absolute Gasteiger partial charge is 0.355 e. The number of carbonyl (C=O) groups is 1. The average molecular weight is 271 g/mol. The van der Waals surface area contributed by atoms with Crippen LogP contribution in [0.4, 0.5) is 0 Å². The molecule has 0 radical (unpaired) electrons. The van der Waals surface area contributed by atoms with Crippen molar-refractivity contribution in [1.82, 2.24) is 9.62 Å². The Balaban J connectivity index is 4.14. The molecule has 1 N–H and O–H groups in total. The molecule has 0 aliphatic heterocycles. The molecule has 0 aliphatic rings. The molecule has 0 bridgehead atoms. The van der Waals surface area contributed by atoms with Crippen LogP contribution in [0.3, 0.4) is 0 Å². The first kappa shape index (κ1) is 15.7. The Bertz CT molecular complexity index is 317. The summed E-state index contributed by atoms with van der Waals surface area (Å²) in [6.07, 6.45) is 0. The second-order valence-corrected chi connectivity index (χ2v) is 6.53. The molecular weight excluding hydrogens is 252 g/mol. The molecule has 96 valence electrons. The van der Waals surface area contributed by atoms with E-state index in [1.54, 1.807) is 0 Å². The molecule has 0 heterocycles. The number of amides is 1. The van der Waals surface area contributed by atoms with E-state index in [2.05, 4.69) is 5.32 Å². The van der Waals surface area contributed by atoms with Gasteiger partial charge in [0.25, 0.3) is 0 Å². The Morgan fingerprint density at radius 2 is 2.00 bits per heavy atom. The molecule has 0 unspecified atom stereocenters. The third-order valence-corrected chi connectivity index (χ3v) is 4.10. The number of hydrogen-bond donors (Lipinski definition) is 1. The highest BCUT2D eigenvalue weighted by Gasteiger charge is 2.19. The maximum atomic E-state index is 11.5. The highest BCUT2D eigenvalue weighted by molar-refractivity contribution is 7.89. The molecule has 7 heteroatoms. The first-order valence-electron chi connectivity index (χ1n) is 5.06. The molecule has 0 aromatic heterocycles. The van der Waals surface area contributed by atoms with Crippen LogP contribution >= 0.6 is 11.6 Å². The summed E-state index contributed by atoms with van der Waals surface area (Å²) in [5.74, 6) is -0.0777. The van der Waals surface area contributed by atoms with E-state index < -0.39 is 10.0 Å². The number of likely N-dealkylation sites (N-methyl/N-ethyl adjacent to an activating group) is 1. The molecule has 0 fully saturated rings. The lowest BCUT2D eigenvalue weighted by Gasteiger charge is -2.16. The van der Waals surface area contributed by atoms with Crippen LogP contribution in [-0.4, -0.2) is 50.4 Å². The van der Waals surface area contributed by atoms with Crippen molar-refractivity contribution in [2.75, 3.05) is 31.8 Å². The first-order chi connectivity index (χ1) is 7.29. The van der Waals surface area contributed by atoms with Crippen molar-refractivity contribution in [3.05, 3.63) is 0 Å². The summed E-state index contributed by atoms with van der Waals surface area (Å²) in [4.78, 5) is 11.4. The van der Waals surface area contributed by atoms with Gasteiger partial charge >= 0.3 is 0 Å². The predicted molar refractivity (Wildman–Crippen MR) is 65.0 cm³/mol. The minimum atomic E-state index is -3.40. The number of alkyl halides is 1. The van der Waals surface area contributed by atoms with Crippen molar-refractivity contribution < 1.29 is 13.2 Å². The molecule has 5 nitrogen and oxygen atoms in total. The van der Waals surface area contributed by atoms with Gasteiger partial charge in [0, 0.05) is 19.5 Å². The van der Waals surface area contributed by atoms with Crippen molar-refractivity contribution in [2.45, 2.75) is 13.8 Å². The topological polar surface area (TPSA) is 66.5 Å². The van der Waals surface area contributed by atoms with E-state index in [1.807, 2.05) is 13.8 Å². The van der Waals surface area contributed by atoms with Crippen LogP contribution in [0.1, 0.15) is 13.8 Å². The van der Waals surface area contributed by atoms with E-state index in [4.69, 9.17) is 11.6 Å². The summed E-state index contributed by atoms with van der Waals surface area (Å²) >= 11 is 5.36. The summed E-state index contributed by atoms with van der Waals surface area (Å²) in [5, 5.41) is 2.65. The van der Waals surface area contributed by atoms with Gasteiger partial charge in [-0.25, -0.2) is 8.42 Å². The molecule has 0 rings (SSSR count). The monoisotopic (exact) mass is 270 g/mol. The van der Waals surface area contributed by atoms with E-state index >= 15 is 0 Å². The zero-order valence-corrected chi connectivity index (χ0v) is 11.4. The van der Waals surface area contributed by atoms with Gasteiger partial charge in [-0.3, -0.25) is 4.79 Å². The maximum absolute atomic E-state index is 11.5. The molecule has 0 saturated heterocycles. The van der Waals surface area contributed by atoms with Gasteiger partial charge in [0.2, 0.25) is 15.9 Å². The molecular formula is C9H19ClN2O3S. The van der Waals surface area contributed by atoms with Crippen molar-refractivity contribution in [1.29, 1.82) is 0 Å². The zero-order valence-electron chi connectivity index (χ0n) is 9.86. The summed E-state index contributed by atoms with van der Waals surface area (Å²) in [6.45, 7) is 4.32. The van der Waals surface area contributed by atoms with Crippen LogP contribution in [0.5, 0.6) is 0 Å². The number of carbonyl (C=O) groups excluding carboxylic acids is 1. The fraction of sp³-hybridized carbons (Fsp3) is 0.889. The van der Waals surface area contributed by atoms with Crippen LogP contribution in [0, 0.1) is 5.92 Å². The predicted octanol–water partition coefficient (Wildman–Crippen LogP) is 0.259. The van der Waals surface area contributed by atoms with Gasteiger partial charge in [0.05, 0.1) is 12.3 Å². The molecule has 1 amide bonds. The smallest absolute Gasteiger partial charge is 0.235 e. The van der Waals surface area contributed by atoms with Gasteiger partial charge in [-0.1, -0.05) is 13.8 Å². The third kappa shape index (κ3) is 6.30. The van der Waals surface area contributed by atoms with Crippen LogP contribution < -0.4 is 5.32 Å². The number of sulfonamides is 1. The van der Waals surface area contributed by atoms with E-state index in [0.717, 1.165) is 4.31 Å². The van der Waals surface area contributed by atoms with E-state index in [9.17, 15) is 13.2 Å². The first-order valence-corrected chi connectivity index (χ1v) is 7.20. The van der Waals surface area contributed by atoms with Gasteiger partial charge < -0.3 is 5.32 Å². The average Bonchev–Trinajstić information content (AvgIpc) is 2.14. The second-order valence-electron chi connectivity index (χ2n) is 3.96. The molecule has 0 aromatic carbocycles. The fourth-order valence-electron chi connectivity index (χ4n) is 0.928. The Kier molecular flexibility index (Phi) is 6.94. The van der Waals surface area contributed by atoms with Gasteiger partial charge in [-0.15, -0.1) is 11.6 Å². The number of nitrogens with one attached hydrogen (secondary N) is 1. The van der Waals surface area contributed by atoms with Crippen LogP contribution in [-0.2, 0) is 14.8 Å². The van der Waals surface area contributed by atoms with E-state index in [1.165, 1.54) is 7.05 Å². The van der Waals surface area contributed by atoms with E-state index in [0.29, 0.717) is 12.5 Å². The molecule has 0 aliphatic carbocycles. The summed E-state index contributed by atoms with van der Waals surface area (Å²) in [6, 6.07) is 0.